The summed E-state index contributed by atoms with van der Waals surface area (Å²) in [6.07, 6.45) is 19.0. The van der Waals surface area contributed by atoms with Crippen molar-refractivity contribution in [2.24, 2.45) is 46.3 Å². The summed E-state index contributed by atoms with van der Waals surface area (Å²) in [5.41, 5.74) is 2.84. The van der Waals surface area contributed by atoms with Gasteiger partial charge in [0.25, 0.3) is 0 Å². The predicted molar refractivity (Wildman–Crippen MR) is 133 cm³/mol. The maximum Gasteiger partial charge on any atom is 0.0616 e. The maximum absolute atomic E-state index is 6.25. The van der Waals surface area contributed by atoms with E-state index in [-0.39, 0.29) is 0 Å². The quantitative estimate of drug-likeness (QED) is 0.368. The predicted octanol–water partition coefficient (Wildman–Crippen LogP) is 8.82. The fourth-order valence-corrected chi connectivity index (χ4v) is 9.15. The van der Waals surface area contributed by atoms with Crippen LogP contribution in [0.1, 0.15) is 119 Å². The highest BCUT2D eigenvalue weighted by Crippen LogP contribution is 2.67. The van der Waals surface area contributed by atoms with Gasteiger partial charge in [-0.05, 0) is 112 Å². The molecule has 0 aromatic rings. The lowest BCUT2D eigenvalue weighted by Gasteiger charge is -2.58. The van der Waals surface area contributed by atoms with Gasteiger partial charge in [-0.25, -0.2) is 0 Å². The highest BCUT2D eigenvalue weighted by molar-refractivity contribution is 5.25. The molecule has 8 atom stereocenters. The molecule has 4 aliphatic carbocycles. The van der Waals surface area contributed by atoms with Crippen LogP contribution in [0.5, 0.6) is 0 Å². The first kappa shape index (κ1) is 23.8. The normalized spacial score (nSPS) is 43.4. The monoisotopic (exact) mass is 428 g/mol. The van der Waals surface area contributed by atoms with E-state index in [4.69, 9.17) is 4.74 Å². The van der Waals surface area contributed by atoms with Crippen molar-refractivity contribution >= 4 is 0 Å². The molecule has 3 saturated carbocycles. The molecule has 1 unspecified atom stereocenters. The Balaban J connectivity index is 1.46. The number of hydrogen-bond acceptors (Lipinski definition) is 1. The molecule has 0 bridgehead atoms. The molecule has 0 aliphatic heterocycles. The van der Waals surface area contributed by atoms with E-state index in [1.54, 1.807) is 5.57 Å². The van der Waals surface area contributed by atoms with Gasteiger partial charge in [-0.1, -0.05) is 65.5 Å². The van der Waals surface area contributed by atoms with Crippen LogP contribution in [0.25, 0.3) is 0 Å². The second kappa shape index (κ2) is 9.15. The van der Waals surface area contributed by atoms with Crippen molar-refractivity contribution in [1.29, 1.82) is 0 Å². The van der Waals surface area contributed by atoms with Crippen LogP contribution in [0.4, 0.5) is 0 Å². The van der Waals surface area contributed by atoms with Crippen LogP contribution in [0, 0.1) is 46.3 Å². The summed E-state index contributed by atoms with van der Waals surface area (Å²) in [5.74, 6) is 5.60. The SMILES string of the molecule is CC(C)CCC[C@@H](C)[C@H]1CCC2[C@@H]3CC=C4C[C@@H](OC(C)C)CC[C@]4(C)[C@H]3CC[C@@]21C. The Morgan fingerprint density at radius 1 is 0.935 bits per heavy atom. The van der Waals surface area contributed by atoms with Crippen LogP contribution in [0.3, 0.4) is 0 Å². The molecular formula is C30H52O. The van der Waals surface area contributed by atoms with Crippen molar-refractivity contribution in [2.45, 2.75) is 131 Å². The molecule has 0 saturated heterocycles. The Morgan fingerprint density at radius 2 is 1.71 bits per heavy atom. The summed E-state index contributed by atoms with van der Waals surface area (Å²) in [5, 5.41) is 0. The summed E-state index contributed by atoms with van der Waals surface area (Å²) in [6.45, 7) is 17.1. The molecule has 3 fully saturated rings. The van der Waals surface area contributed by atoms with E-state index >= 15 is 0 Å². The minimum Gasteiger partial charge on any atom is -0.375 e. The standard InChI is InChI=1S/C30H52O/c1-20(2)9-8-10-22(5)26-13-14-27-25-12-11-23-19-24(31-21(3)4)15-17-29(23,6)28(25)16-18-30(26,27)7/h11,20-22,24-28H,8-10,12-19H2,1-7H3/t22-,24+,25+,26-,27?,28+,29+,30-/m1/s1. The van der Waals surface area contributed by atoms with Gasteiger partial charge in [0.05, 0.1) is 12.2 Å². The van der Waals surface area contributed by atoms with Crippen LogP contribution in [-0.4, -0.2) is 12.2 Å². The fraction of sp³-hybridized carbons (Fsp3) is 0.933. The van der Waals surface area contributed by atoms with E-state index in [2.05, 4.69) is 54.5 Å². The average molecular weight is 429 g/mol. The first-order chi connectivity index (χ1) is 14.6. The van der Waals surface area contributed by atoms with E-state index < -0.39 is 0 Å². The summed E-state index contributed by atoms with van der Waals surface area (Å²) >= 11 is 0. The third-order valence-electron chi connectivity index (χ3n) is 10.7. The lowest BCUT2D eigenvalue weighted by Crippen LogP contribution is -2.51. The number of rotatable bonds is 7. The Hall–Kier alpha value is -0.300. The smallest absolute Gasteiger partial charge is 0.0616 e. The molecule has 31 heavy (non-hydrogen) atoms. The van der Waals surface area contributed by atoms with Crippen molar-refractivity contribution in [1.82, 2.24) is 0 Å². The van der Waals surface area contributed by atoms with Gasteiger partial charge in [-0.15, -0.1) is 0 Å². The highest BCUT2D eigenvalue weighted by atomic mass is 16.5. The number of hydrogen-bond donors (Lipinski definition) is 0. The third-order valence-corrected chi connectivity index (χ3v) is 10.7. The molecule has 0 radical (unpaired) electrons. The zero-order valence-electron chi connectivity index (χ0n) is 21.9. The third kappa shape index (κ3) is 4.43. The fourth-order valence-electron chi connectivity index (χ4n) is 9.15. The van der Waals surface area contributed by atoms with E-state index in [9.17, 15) is 0 Å². The molecule has 1 nitrogen and oxygen atoms in total. The average Bonchev–Trinajstić information content (AvgIpc) is 3.05. The van der Waals surface area contributed by atoms with Crippen LogP contribution < -0.4 is 0 Å². The molecule has 0 spiro atoms. The van der Waals surface area contributed by atoms with Gasteiger partial charge >= 0.3 is 0 Å². The van der Waals surface area contributed by atoms with Gasteiger partial charge < -0.3 is 4.74 Å². The number of fused-ring (bicyclic) bond motifs is 5. The Labute approximate surface area is 194 Å². The van der Waals surface area contributed by atoms with Crippen molar-refractivity contribution in [2.75, 3.05) is 0 Å². The minimum absolute atomic E-state index is 0.361. The van der Waals surface area contributed by atoms with Crippen molar-refractivity contribution in [3.8, 4) is 0 Å². The molecule has 0 amide bonds. The summed E-state index contributed by atoms with van der Waals surface area (Å²) in [6, 6.07) is 0. The lowest BCUT2D eigenvalue weighted by atomic mass is 9.47. The molecule has 178 valence electrons. The minimum atomic E-state index is 0.361. The van der Waals surface area contributed by atoms with Crippen molar-refractivity contribution in [3.63, 3.8) is 0 Å². The summed E-state index contributed by atoms with van der Waals surface area (Å²) in [4.78, 5) is 0. The highest BCUT2D eigenvalue weighted by Gasteiger charge is 2.59. The Bertz CT molecular complexity index is 647. The molecule has 4 rings (SSSR count). The number of ether oxygens (including phenoxy) is 1. The summed E-state index contributed by atoms with van der Waals surface area (Å²) in [7, 11) is 0. The molecule has 0 N–H and O–H groups in total. The van der Waals surface area contributed by atoms with Gasteiger partial charge in [-0.2, -0.15) is 0 Å². The molecule has 0 aromatic heterocycles. The van der Waals surface area contributed by atoms with E-state index in [1.807, 2.05) is 0 Å². The van der Waals surface area contributed by atoms with Gasteiger partial charge in [0.15, 0.2) is 0 Å². The lowest BCUT2D eigenvalue weighted by molar-refractivity contribution is -0.0707. The van der Waals surface area contributed by atoms with Gasteiger partial charge in [0.1, 0.15) is 0 Å². The summed E-state index contributed by atoms with van der Waals surface area (Å²) < 4.78 is 6.25. The first-order valence-corrected chi connectivity index (χ1v) is 14.0. The van der Waals surface area contributed by atoms with E-state index in [0.717, 1.165) is 35.5 Å². The van der Waals surface area contributed by atoms with Crippen LogP contribution in [0.15, 0.2) is 11.6 Å². The van der Waals surface area contributed by atoms with Crippen molar-refractivity contribution < 1.29 is 4.74 Å². The Kier molecular flexibility index (Phi) is 7.04. The van der Waals surface area contributed by atoms with E-state index in [1.165, 1.54) is 70.6 Å². The maximum atomic E-state index is 6.25. The van der Waals surface area contributed by atoms with E-state index in [0.29, 0.717) is 23.0 Å². The molecule has 0 aromatic carbocycles. The molecular weight excluding hydrogens is 376 g/mol. The number of allylic oxidation sites excluding steroid dienone is 1. The largest absolute Gasteiger partial charge is 0.375 e. The van der Waals surface area contributed by atoms with Crippen molar-refractivity contribution in [3.05, 3.63) is 11.6 Å². The second-order valence-electron chi connectivity index (χ2n) is 13.3. The zero-order valence-corrected chi connectivity index (χ0v) is 21.9. The second-order valence-corrected chi connectivity index (χ2v) is 13.3. The topological polar surface area (TPSA) is 9.23 Å². The molecule has 1 heteroatoms. The van der Waals surface area contributed by atoms with Gasteiger partial charge in [0.2, 0.25) is 0 Å². The van der Waals surface area contributed by atoms with Gasteiger partial charge in [0, 0.05) is 0 Å². The first-order valence-electron chi connectivity index (χ1n) is 14.0. The zero-order chi connectivity index (χ0) is 22.4. The van der Waals surface area contributed by atoms with Crippen LogP contribution in [-0.2, 0) is 4.74 Å². The molecule has 4 aliphatic rings. The van der Waals surface area contributed by atoms with Gasteiger partial charge in [-0.3, -0.25) is 0 Å². The Morgan fingerprint density at radius 3 is 2.42 bits per heavy atom. The van der Waals surface area contributed by atoms with Crippen LogP contribution in [0.2, 0.25) is 0 Å². The molecule has 0 heterocycles. The van der Waals surface area contributed by atoms with Crippen LogP contribution >= 0.6 is 0 Å².